The number of fused-ring (bicyclic) bond motifs is 1. The molecule has 0 atom stereocenters. The fourth-order valence-corrected chi connectivity index (χ4v) is 4.30. The van der Waals surface area contributed by atoms with Gasteiger partial charge < -0.3 is 15.0 Å². The largest absolute Gasteiger partial charge is 0.378 e. The van der Waals surface area contributed by atoms with Crippen molar-refractivity contribution in [2.24, 2.45) is 5.10 Å². The van der Waals surface area contributed by atoms with Gasteiger partial charge in [0.1, 0.15) is 0 Å². The number of amides is 1. The standard InChI is InChI=1S/C21H24N6O2S/c1-3-23-26-16-6-4-5-15(11-16)20-24-18-12-17(13-22-14(2)28)30-19(18)21(25-20)27-7-9-29-10-8-27/h3-6,11-12,26H,7-10,13H2,1-2H3,(H,22,28)/b23-3-. The van der Waals surface area contributed by atoms with E-state index in [1.54, 1.807) is 17.6 Å². The van der Waals surface area contributed by atoms with Gasteiger partial charge in [0.25, 0.3) is 0 Å². The summed E-state index contributed by atoms with van der Waals surface area (Å²) in [6, 6.07) is 9.93. The van der Waals surface area contributed by atoms with Gasteiger partial charge in [-0.05, 0) is 25.1 Å². The monoisotopic (exact) mass is 424 g/mol. The SMILES string of the molecule is C/C=N\Nc1cccc(-c2nc(N3CCOCC3)c3sc(CNC(C)=O)cc3n2)c1. The number of carbonyl (C=O) groups is 1. The van der Waals surface area contributed by atoms with Gasteiger partial charge in [-0.25, -0.2) is 9.97 Å². The molecule has 0 spiro atoms. The van der Waals surface area contributed by atoms with Crippen LogP contribution in [-0.4, -0.2) is 48.4 Å². The van der Waals surface area contributed by atoms with Crippen LogP contribution in [0.5, 0.6) is 0 Å². The number of hydrazone groups is 1. The first-order chi connectivity index (χ1) is 14.6. The van der Waals surface area contributed by atoms with E-state index in [-0.39, 0.29) is 5.91 Å². The van der Waals surface area contributed by atoms with Gasteiger partial charge in [-0.1, -0.05) is 12.1 Å². The first-order valence-electron chi connectivity index (χ1n) is 9.86. The third kappa shape index (κ3) is 4.58. The van der Waals surface area contributed by atoms with E-state index in [4.69, 9.17) is 14.7 Å². The van der Waals surface area contributed by atoms with Crippen molar-refractivity contribution < 1.29 is 9.53 Å². The summed E-state index contributed by atoms with van der Waals surface area (Å²) in [6.45, 7) is 6.81. The van der Waals surface area contributed by atoms with E-state index in [0.29, 0.717) is 25.6 Å². The van der Waals surface area contributed by atoms with E-state index >= 15 is 0 Å². The van der Waals surface area contributed by atoms with Gasteiger partial charge in [0.2, 0.25) is 5.91 Å². The molecule has 156 valence electrons. The lowest BCUT2D eigenvalue weighted by Crippen LogP contribution is -2.36. The second-order valence-electron chi connectivity index (χ2n) is 6.89. The van der Waals surface area contributed by atoms with Crippen molar-refractivity contribution in [2.45, 2.75) is 20.4 Å². The number of benzene rings is 1. The molecule has 0 aliphatic carbocycles. The Labute approximate surface area is 179 Å². The molecule has 9 heteroatoms. The van der Waals surface area contributed by atoms with Crippen LogP contribution >= 0.6 is 11.3 Å². The number of anilines is 2. The lowest BCUT2D eigenvalue weighted by atomic mass is 10.2. The zero-order chi connectivity index (χ0) is 20.9. The molecule has 1 aliphatic rings. The van der Waals surface area contributed by atoms with Crippen molar-refractivity contribution >= 4 is 45.2 Å². The Hall–Kier alpha value is -3.04. The Kier molecular flexibility index (Phi) is 6.20. The first-order valence-corrected chi connectivity index (χ1v) is 10.7. The maximum atomic E-state index is 11.3. The molecule has 3 aromatic rings. The molecule has 4 rings (SSSR count). The molecule has 30 heavy (non-hydrogen) atoms. The van der Waals surface area contributed by atoms with Crippen molar-refractivity contribution in [2.75, 3.05) is 36.6 Å². The third-order valence-corrected chi connectivity index (χ3v) is 5.79. The van der Waals surface area contributed by atoms with Gasteiger partial charge in [-0.2, -0.15) is 5.10 Å². The molecular weight excluding hydrogens is 400 g/mol. The molecule has 0 radical (unpaired) electrons. The predicted octanol–water partition coefficient (Wildman–Crippen LogP) is 3.25. The topological polar surface area (TPSA) is 91.7 Å². The third-order valence-electron chi connectivity index (χ3n) is 4.67. The van der Waals surface area contributed by atoms with Crippen molar-refractivity contribution in [1.82, 2.24) is 15.3 Å². The quantitative estimate of drug-likeness (QED) is 0.466. The van der Waals surface area contributed by atoms with Gasteiger partial charge in [0, 0.05) is 36.7 Å². The highest BCUT2D eigenvalue weighted by molar-refractivity contribution is 7.19. The lowest BCUT2D eigenvalue weighted by Gasteiger charge is -2.28. The molecule has 1 aliphatic heterocycles. The second-order valence-corrected chi connectivity index (χ2v) is 8.02. The van der Waals surface area contributed by atoms with Gasteiger partial charge >= 0.3 is 0 Å². The Balaban J connectivity index is 1.77. The molecule has 0 unspecified atom stereocenters. The Morgan fingerprint density at radius 2 is 2.13 bits per heavy atom. The second kappa shape index (κ2) is 9.19. The zero-order valence-electron chi connectivity index (χ0n) is 17.0. The molecule has 1 saturated heterocycles. The molecule has 3 heterocycles. The summed E-state index contributed by atoms with van der Waals surface area (Å²) in [5, 5.41) is 6.95. The predicted molar refractivity (Wildman–Crippen MR) is 121 cm³/mol. The van der Waals surface area contributed by atoms with E-state index in [9.17, 15) is 4.79 Å². The van der Waals surface area contributed by atoms with Crippen LogP contribution in [0.25, 0.3) is 21.6 Å². The van der Waals surface area contributed by atoms with E-state index in [2.05, 4.69) is 20.7 Å². The number of aromatic nitrogens is 2. The molecule has 1 amide bonds. The summed E-state index contributed by atoms with van der Waals surface area (Å²) in [7, 11) is 0. The Bertz CT molecular complexity index is 1070. The number of nitrogens with one attached hydrogen (secondary N) is 2. The summed E-state index contributed by atoms with van der Waals surface area (Å²) in [4.78, 5) is 24.4. The van der Waals surface area contributed by atoms with Crippen molar-refractivity contribution in [1.29, 1.82) is 0 Å². The Morgan fingerprint density at radius 1 is 1.30 bits per heavy atom. The maximum absolute atomic E-state index is 11.3. The van der Waals surface area contributed by atoms with Gasteiger partial charge in [0.15, 0.2) is 11.6 Å². The fourth-order valence-electron chi connectivity index (χ4n) is 3.25. The summed E-state index contributed by atoms with van der Waals surface area (Å²) in [5.41, 5.74) is 5.67. The number of hydrogen-bond donors (Lipinski definition) is 2. The molecule has 1 fully saturated rings. The van der Waals surface area contributed by atoms with Crippen molar-refractivity contribution in [3.8, 4) is 11.4 Å². The molecule has 8 nitrogen and oxygen atoms in total. The van der Waals surface area contributed by atoms with E-state index in [1.807, 2.05) is 37.3 Å². The summed E-state index contributed by atoms with van der Waals surface area (Å²) < 4.78 is 6.55. The first kappa shape index (κ1) is 20.2. The van der Waals surface area contributed by atoms with E-state index in [0.717, 1.165) is 45.3 Å². The van der Waals surface area contributed by atoms with E-state index in [1.165, 1.54) is 6.92 Å². The van der Waals surface area contributed by atoms with Crippen molar-refractivity contribution in [3.63, 3.8) is 0 Å². The lowest BCUT2D eigenvalue weighted by molar-refractivity contribution is -0.119. The number of morpholine rings is 1. The molecule has 2 aromatic heterocycles. The number of thiophene rings is 1. The fraction of sp³-hybridized carbons (Fsp3) is 0.333. The molecule has 0 saturated carbocycles. The number of carbonyl (C=O) groups excluding carboxylic acids is 1. The van der Waals surface area contributed by atoms with Gasteiger partial charge in [-0.15, -0.1) is 11.3 Å². The average Bonchev–Trinajstić information content (AvgIpc) is 3.19. The summed E-state index contributed by atoms with van der Waals surface area (Å²) in [6.07, 6.45) is 1.70. The minimum atomic E-state index is -0.0494. The summed E-state index contributed by atoms with van der Waals surface area (Å²) in [5.74, 6) is 1.53. The van der Waals surface area contributed by atoms with Crippen LogP contribution < -0.4 is 15.6 Å². The van der Waals surface area contributed by atoms with Crippen LogP contribution in [0, 0.1) is 0 Å². The number of hydrogen-bond acceptors (Lipinski definition) is 8. The number of rotatable bonds is 6. The van der Waals surface area contributed by atoms with Crippen molar-refractivity contribution in [3.05, 3.63) is 35.2 Å². The van der Waals surface area contributed by atoms with Crippen LogP contribution in [0.15, 0.2) is 35.4 Å². The van der Waals surface area contributed by atoms with Crippen LogP contribution in [0.4, 0.5) is 11.5 Å². The number of ether oxygens (including phenoxy) is 1. The molecular formula is C21H24N6O2S. The van der Waals surface area contributed by atoms with Gasteiger partial charge in [-0.3, -0.25) is 10.2 Å². The normalized spacial score (nSPS) is 14.4. The minimum Gasteiger partial charge on any atom is -0.378 e. The Morgan fingerprint density at radius 3 is 2.90 bits per heavy atom. The number of nitrogens with zero attached hydrogens (tertiary/aromatic N) is 4. The molecule has 1 aromatic carbocycles. The maximum Gasteiger partial charge on any atom is 0.217 e. The highest BCUT2D eigenvalue weighted by Gasteiger charge is 2.20. The van der Waals surface area contributed by atoms with Crippen LogP contribution in [-0.2, 0) is 16.1 Å². The minimum absolute atomic E-state index is 0.0494. The highest BCUT2D eigenvalue weighted by Crippen LogP contribution is 2.34. The molecule has 0 bridgehead atoms. The zero-order valence-corrected chi connectivity index (χ0v) is 17.8. The molecule has 2 N–H and O–H groups in total. The van der Waals surface area contributed by atoms with E-state index < -0.39 is 0 Å². The van der Waals surface area contributed by atoms with Crippen LogP contribution in [0.1, 0.15) is 18.7 Å². The van der Waals surface area contributed by atoms with Crippen LogP contribution in [0.2, 0.25) is 0 Å². The highest BCUT2D eigenvalue weighted by atomic mass is 32.1. The average molecular weight is 425 g/mol. The van der Waals surface area contributed by atoms with Crippen LogP contribution in [0.3, 0.4) is 0 Å². The summed E-state index contributed by atoms with van der Waals surface area (Å²) >= 11 is 1.62. The smallest absolute Gasteiger partial charge is 0.217 e. The van der Waals surface area contributed by atoms with Gasteiger partial charge in [0.05, 0.1) is 35.7 Å².